The van der Waals surface area contributed by atoms with Crippen LogP contribution in [0.15, 0.2) is 42.5 Å². The molecule has 0 bridgehead atoms. The maximum atomic E-state index is 12.1. The maximum Gasteiger partial charge on any atom is 0.193 e. The molecule has 0 amide bonds. The zero-order chi connectivity index (χ0) is 15.1. The molecule has 103 valence electrons. The second-order valence-corrected chi connectivity index (χ2v) is 3.83. The largest absolute Gasteiger partial charge is 0.508 e. The van der Waals surface area contributed by atoms with Crippen molar-refractivity contribution in [3.8, 4) is 5.75 Å². The van der Waals surface area contributed by atoms with Gasteiger partial charge in [0.1, 0.15) is 5.75 Å². The van der Waals surface area contributed by atoms with E-state index >= 15 is 0 Å². The molecule has 20 heavy (non-hydrogen) atoms. The monoisotopic (exact) mass is 267 g/mol. The van der Waals surface area contributed by atoms with Crippen LogP contribution in [0.4, 0.5) is 0 Å². The van der Waals surface area contributed by atoms with Crippen LogP contribution in [0.2, 0.25) is 0 Å². The van der Waals surface area contributed by atoms with Crippen molar-refractivity contribution < 1.29 is 9.90 Å². The van der Waals surface area contributed by atoms with E-state index in [0.29, 0.717) is 11.1 Å². The molecular formula is C17H20BO2. The fourth-order valence-corrected chi connectivity index (χ4v) is 2.01. The minimum absolute atomic E-state index is 0.0241. The number of carbonyl (C=O) groups is 1. The van der Waals surface area contributed by atoms with E-state index in [-0.39, 0.29) is 11.5 Å². The topological polar surface area (TPSA) is 37.3 Å². The number of fused-ring (bicyclic) bond motifs is 2. The molecule has 0 unspecified atom stereocenters. The van der Waals surface area contributed by atoms with Gasteiger partial charge in [-0.05, 0) is 12.1 Å². The van der Waals surface area contributed by atoms with Crippen molar-refractivity contribution in [2.24, 2.45) is 0 Å². The van der Waals surface area contributed by atoms with Crippen LogP contribution >= 0.6 is 0 Å². The van der Waals surface area contributed by atoms with Gasteiger partial charge in [-0.3, -0.25) is 4.79 Å². The summed E-state index contributed by atoms with van der Waals surface area (Å²) in [6.45, 7) is 8.00. The first-order valence-electron chi connectivity index (χ1n) is 7.07. The zero-order valence-electron chi connectivity index (χ0n) is 12.5. The molecule has 2 aromatic rings. The molecule has 3 rings (SSSR count). The number of benzene rings is 2. The highest BCUT2D eigenvalue weighted by molar-refractivity contribution is 6.72. The fraction of sp³-hybridized carbons (Fsp3) is 0.235. The number of rotatable bonds is 0. The summed E-state index contributed by atoms with van der Waals surface area (Å²) in [6, 6.07) is 12.4. The summed E-state index contributed by atoms with van der Waals surface area (Å²) in [7, 11) is 1.96. The highest BCUT2D eigenvalue weighted by Crippen LogP contribution is 2.15. The van der Waals surface area contributed by atoms with Gasteiger partial charge in [0.2, 0.25) is 0 Å². The van der Waals surface area contributed by atoms with Crippen LogP contribution < -0.4 is 10.9 Å². The Labute approximate surface area is 121 Å². The Morgan fingerprint density at radius 1 is 0.850 bits per heavy atom. The van der Waals surface area contributed by atoms with E-state index in [4.69, 9.17) is 0 Å². The third-order valence-electron chi connectivity index (χ3n) is 2.80. The SMILES string of the molecule is CC.CC.O=C1c2ccccc2[B]c2ccc(O)cc21. The van der Waals surface area contributed by atoms with Gasteiger partial charge in [0.25, 0.3) is 0 Å². The first-order chi connectivity index (χ1) is 9.75. The van der Waals surface area contributed by atoms with Gasteiger partial charge in [0, 0.05) is 11.1 Å². The number of carbonyl (C=O) groups excluding carboxylic acids is 1. The third kappa shape index (κ3) is 3.10. The second-order valence-electron chi connectivity index (χ2n) is 3.83. The second kappa shape index (κ2) is 7.54. The molecule has 0 spiro atoms. The van der Waals surface area contributed by atoms with Crippen molar-refractivity contribution in [3.05, 3.63) is 53.6 Å². The molecule has 2 aromatic carbocycles. The summed E-state index contributed by atoms with van der Waals surface area (Å²) in [5.41, 5.74) is 3.06. The lowest BCUT2D eigenvalue weighted by Gasteiger charge is -2.17. The van der Waals surface area contributed by atoms with Gasteiger partial charge in [0.05, 0.1) is 0 Å². The Balaban J connectivity index is 0.000000461. The first-order valence-corrected chi connectivity index (χ1v) is 7.07. The number of aromatic hydroxyl groups is 1. The Morgan fingerprint density at radius 2 is 1.45 bits per heavy atom. The molecule has 0 aliphatic carbocycles. The summed E-state index contributed by atoms with van der Waals surface area (Å²) in [5.74, 6) is 0.101. The summed E-state index contributed by atoms with van der Waals surface area (Å²) in [6.07, 6.45) is 0. The number of hydrogen-bond acceptors (Lipinski definition) is 2. The van der Waals surface area contributed by atoms with Crippen molar-refractivity contribution in [1.82, 2.24) is 0 Å². The van der Waals surface area contributed by atoms with E-state index in [0.717, 1.165) is 10.9 Å². The molecule has 3 heteroatoms. The Bertz CT molecular complexity index is 591. The van der Waals surface area contributed by atoms with Crippen LogP contribution in [-0.4, -0.2) is 18.2 Å². The lowest BCUT2D eigenvalue weighted by Crippen LogP contribution is -2.40. The smallest absolute Gasteiger partial charge is 0.193 e. The van der Waals surface area contributed by atoms with Crippen molar-refractivity contribution in [2.45, 2.75) is 27.7 Å². The highest BCUT2D eigenvalue weighted by atomic mass is 16.3. The van der Waals surface area contributed by atoms with E-state index in [9.17, 15) is 9.90 Å². The molecule has 1 N–H and O–H groups in total. The summed E-state index contributed by atoms with van der Waals surface area (Å²) < 4.78 is 0. The van der Waals surface area contributed by atoms with E-state index in [1.807, 2.05) is 53.2 Å². The molecule has 0 saturated heterocycles. The molecule has 2 nitrogen and oxygen atoms in total. The number of ketones is 1. The van der Waals surface area contributed by atoms with E-state index < -0.39 is 0 Å². The van der Waals surface area contributed by atoms with Gasteiger partial charge in [0.15, 0.2) is 13.1 Å². The third-order valence-corrected chi connectivity index (χ3v) is 2.80. The van der Waals surface area contributed by atoms with E-state index in [1.54, 1.807) is 18.2 Å². The number of phenolic OH excluding ortho intramolecular Hbond substituents is 1. The van der Waals surface area contributed by atoms with Crippen molar-refractivity contribution >= 4 is 24.0 Å². The van der Waals surface area contributed by atoms with Crippen molar-refractivity contribution in [3.63, 3.8) is 0 Å². The lowest BCUT2D eigenvalue weighted by molar-refractivity contribution is 0.104. The van der Waals surface area contributed by atoms with Gasteiger partial charge in [-0.1, -0.05) is 69.0 Å². The van der Waals surface area contributed by atoms with Crippen molar-refractivity contribution in [1.29, 1.82) is 0 Å². The van der Waals surface area contributed by atoms with Gasteiger partial charge in [-0.25, -0.2) is 0 Å². The summed E-state index contributed by atoms with van der Waals surface area (Å²) in [5, 5.41) is 9.39. The summed E-state index contributed by atoms with van der Waals surface area (Å²) in [4.78, 5) is 12.1. The molecular weight excluding hydrogens is 247 g/mol. The zero-order valence-corrected chi connectivity index (χ0v) is 12.5. The minimum atomic E-state index is -0.0241. The fourth-order valence-electron chi connectivity index (χ4n) is 2.01. The average molecular weight is 267 g/mol. The normalized spacial score (nSPS) is 10.7. The summed E-state index contributed by atoms with van der Waals surface area (Å²) >= 11 is 0. The quantitative estimate of drug-likeness (QED) is 0.636. The molecule has 1 aliphatic heterocycles. The molecule has 1 heterocycles. The predicted octanol–water partition coefficient (Wildman–Crippen LogP) is 2.64. The van der Waals surface area contributed by atoms with Crippen LogP contribution in [-0.2, 0) is 0 Å². The standard InChI is InChI=1S/C13H8BO2.2C2H6/c15-8-5-6-12-10(7-8)13(16)9-3-1-2-4-11(9)14-12;2*1-2/h1-7,15H;2*1-2H3. The number of phenols is 1. The van der Waals surface area contributed by atoms with Gasteiger partial charge < -0.3 is 5.11 Å². The molecule has 1 aliphatic rings. The Morgan fingerprint density at radius 3 is 2.15 bits per heavy atom. The molecule has 0 saturated carbocycles. The van der Waals surface area contributed by atoms with Gasteiger partial charge >= 0.3 is 0 Å². The van der Waals surface area contributed by atoms with Crippen LogP contribution in [0.1, 0.15) is 43.6 Å². The maximum absolute atomic E-state index is 12.1. The molecule has 0 atom stereocenters. The van der Waals surface area contributed by atoms with Gasteiger partial charge in [-0.15, -0.1) is 0 Å². The van der Waals surface area contributed by atoms with E-state index in [2.05, 4.69) is 0 Å². The lowest BCUT2D eigenvalue weighted by atomic mass is 9.56. The Hall–Kier alpha value is -2.03. The Kier molecular flexibility index (Phi) is 6.04. The van der Waals surface area contributed by atoms with Crippen LogP contribution in [0.5, 0.6) is 5.75 Å². The molecule has 0 fully saturated rings. The van der Waals surface area contributed by atoms with Crippen LogP contribution in [0, 0.1) is 0 Å². The molecule has 0 aromatic heterocycles. The predicted molar refractivity (Wildman–Crippen MR) is 85.7 cm³/mol. The van der Waals surface area contributed by atoms with Crippen molar-refractivity contribution in [2.75, 3.05) is 0 Å². The molecule has 1 radical (unpaired) electrons. The number of hydrogen-bond donors (Lipinski definition) is 1. The first kappa shape index (κ1) is 16.0. The average Bonchev–Trinajstić information content (AvgIpc) is 2.52. The van der Waals surface area contributed by atoms with E-state index in [1.165, 1.54) is 6.07 Å². The van der Waals surface area contributed by atoms with Crippen LogP contribution in [0.25, 0.3) is 0 Å². The minimum Gasteiger partial charge on any atom is -0.508 e. The van der Waals surface area contributed by atoms with Gasteiger partial charge in [-0.2, -0.15) is 0 Å². The highest BCUT2D eigenvalue weighted by Gasteiger charge is 2.23. The van der Waals surface area contributed by atoms with Crippen LogP contribution in [0.3, 0.4) is 0 Å².